The number of nitrogens with one attached hydrogen (secondary N) is 2. The topological polar surface area (TPSA) is 130 Å². The van der Waals surface area contributed by atoms with E-state index in [-0.39, 0.29) is 24.0 Å². The lowest BCUT2D eigenvalue weighted by Gasteiger charge is -2.40. The molecule has 0 saturated carbocycles. The number of nitro groups is 1. The number of imide groups is 1. The Balaban J connectivity index is 2.59. The van der Waals surface area contributed by atoms with Gasteiger partial charge in [0.15, 0.2) is 0 Å². The van der Waals surface area contributed by atoms with E-state index in [0.717, 1.165) is 6.20 Å². The van der Waals surface area contributed by atoms with Gasteiger partial charge in [-0.05, 0) is 13.8 Å². The van der Waals surface area contributed by atoms with Crippen LogP contribution in [-0.4, -0.2) is 45.8 Å². The summed E-state index contributed by atoms with van der Waals surface area (Å²) in [6, 6.07) is 0. The number of amides is 2. The second kappa shape index (κ2) is 4.96. The summed E-state index contributed by atoms with van der Waals surface area (Å²) in [5.41, 5.74) is -1.53. The highest BCUT2D eigenvalue weighted by Crippen LogP contribution is 2.32. The Hall–Kier alpha value is -2.78. The van der Waals surface area contributed by atoms with E-state index < -0.39 is 22.3 Å². The normalized spacial score (nSPS) is 17.4. The zero-order valence-electron chi connectivity index (χ0n) is 11.7. The van der Waals surface area contributed by atoms with Crippen molar-refractivity contribution in [2.45, 2.75) is 19.4 Å². The minimum Gasteiger partial charge on any atom is -0.357 e. The van der Waals surface area contributed by atoms with Crippen LogP contribution in [0, 0.1) is 10.1 Å². The SMILES string of the molecule is CNc1ncc([N+](=O)[O-])c(N2CC(=O)NC(=O)C2(C)C)n1. The van der Waals surface area contributed by atoms with Gasteiger partial charge in [0.2, 0.25) is 17.7 Å². The molecular formula is C11H14N6O4. The van der Waals surface area contributed by atoms with Gasteiger partial charge in [0.25, 0.3) is 5.91 Å². The Kier molecular flexibility index (Phi) is 3.45. The predicted octanol–water partition coefficient (Wildman–Crippen LogP) is -0.332. The van der Waals surface area contributed by atoms with E-state index in [2.05, 4.69) is 20.6 Å². The summed E-state index contributed by atoms with van der Waals surface area (Å²) in [5, 5.41) is 16.0. The molecule has 1 saturated heterocycles. The average Bonchev–Trinajstić information content (AvgIpc) is 2.42. The molecule has 10 nitrogen and oxygen atoms in total. The van der Waals surface area contributed by atoms with Crippen LogP contribution in [0.1, 0.15) is 13.8 Å². The van der Waals surface area contributed by atoms with Gasteiger partial charge in [-0.2, -0.15) is 4.98 Å². The van der Waals surface area contributed by atoms with Crippen LogP contribution in [0.15, 0.2) is 6.20 Å². The van der Waals surface area contributed by atoms with Gasteiger partial charge in [0, 0.05) is 7.05 Å². The number of hydrogen-bond donors (Lipinski definition) is 2. The number of aromatic nitrogens is 2. The molecule has 2 N–H and O–H groups in total. The number of carbonyl (C=O) groups excluding carboxylic acids is 2. The second-order valence-electron chi connectivity index (χ2n) is 4.93. The van der Waals surface area contributed by atoms with Gasteiger partial charge >= 0.3 is 5.69 Å². The van der Waals surface area contributed by atoms with Crippen molar-refractivity contribution in [3.63, 3.8) is 0 Å². The van der Waals surface area contributed by atoms with Crippen LogP contribution in [0.2, 0.25) is 0 Å². The molecule has 0 atom stereocenters. The van der Waals surface area contributed by atoms with Crippen molar-refractivity contribution >= 4 is 29.3 Å². The molecule has 10 heteroatoms. The van der Waals surface area contributed by atoms with E-state index in [1.165, 1.54) is 4.90 Å². The third-order valence-electron chi connectivity index (χ3n) is 3.21. The van der Waals surface area contributed by atoms with Crippen molar-refractivity contribution in [2.75, 3.05) is 23.8 Å². The average molecular weight is 294 g/mol. The molecule has 1 aromatic heterocycles. The smallest absolute Gasteiger partial charge is 0.329 e. The molecule has 2 amide bonds. The van der Waals surface area contributed by atoms with Crippen molar-refractivity contribution in [1.29, 1.82) is 0 Å². The maximum Gasteiger partial charge on any atom is 0.329 e. The van der Waals surface area contributed by atoms with Gasteiger partial charge < -0.3 is 10.2 Å². The first kappa shape index (κ1) is 14.6. The Morgan fingerprint density at radius 3 is 2.71 bits per heavy atom. The maximum atomic E-state index is 11.9. The lowest BCUT2D eigenvalue weighted by Crippen LogP contribution is -2.64. The lowest BCUT2D eigenvalue weighted by molar-refractivity contribution is -0.384. The van der Waals surface area contributed by atoms with Crippen molar-refractivity contribution in [2.24, 2.45) is 0 Å². The molecule has 21 heavy (non-hydrogen) atoms. The van der Waals surface area contributed by atoms with Crippen LogP contribution < -0.4 is 15.5 Å². The van der Waals surface area contributed by atoms with Gasteiger partial charge in [-0.1, -0.05) is 0 Å². The molecule has 112 valence electrons. The Bertz CT molecular complexity index is 629. The molecule has 0 spiro atoms. The van der Waals surface area contributed by atoms with E-state index in [4.69, 9.17) is 0 Å². The number of carbonyl (C=O) groups is 2. The molecule has 1 aromatic rings. The fraction of sp³-hybridized carbons (Fsp3) is 0.455. The standard InChI is InChI=1S/C11H14N6O4/c1-11(2)9(19)14-7(18)5-16(11)8-6(17(20)21)4-13-10(12-3)15-8/h4H,5H2,1-3H3,(H,12,13,15)(H,14,18,19). The largest absolute Gasteiger partial charge is 0.357 e. The first-order valence-corrected chi connectivity index (χ1v) is 6.08. The Morgan fingerprint density at radius 2 is 2.14 bits per heavy atom. The molecule has 0 aliphatic carbocycles. The summed E-state index contributed by atoms with van der Waals surface area (Å²) in [6.07, 6.45) is 1.04. The lowest BCUT2D eigenvalue weighted by atomic mass is 9.98. The predicted molar refractivity (Wildman–Crippen MR) is 72.8 cm³/mol. The second-order valence-corrected chi connectivity index (χ2v) is 4.93. The van der Waals surface area contributed by atoms with E-state index in [9.17, 15) is 19.7 Å². The molecule has 1 aliphatic heterocycles. The highest BCUT2D eigenvalue weighted by molar-refractivity contribution is 6.06. The summed E-state index contributed by atoms with van der Waals surface area (Å²) >= 11 is 0. The van der Waals surface area contributed by atoms with Crippen LogP contribution in [0.25, 0.3) is 0 Å². The summed E-state index contributed by atoms with van der Waals surface area (Å²) in [7, 11) is 1.56. The Labute approximate surface area is 119 Å². The molecular weight excluding hydrogens is 280 g/mol. The Morgan fingerprint density at radius 1 is 1.48 bits per heavy atom. The first-order chi connectivity index (χ1) is 9.77. The van der Waals surface area contributed by atoms with Crippen molar-refractivity contribution in [3.8, 4) is 0 Å². The fourth-order valence-corrected chi connectivity index (χ4v) is 1.94. The van der Waals surface area contributed by atoms with E-state index in [1.807, 2.05) is 0 Å². The summed E-state index contributed by atoms with van der Waals surface area (Å²) < 4.78 is 0. The van der Waals surface area contributed by atoms with E-state index >= 15 is 0 Å². The monoisotopic (exact) mass is 294 g/mol. The summed E-state index contributed by atoms with van der Waals surface area (Å²) in [5.74, 6) is -1.01. The number of hydrogen-bond acceptors (Lipinski definition) is 8. The molecule has 0 bridgehead atoms. The third-order valence-corrected chi connectivity index (χ3v) is 3.21. The highest BCUT2D eigenvalue weighted by atomic mass is 16.6. The van der Waals surface area contributed by atoms with Crippen LogP contribution in [-0.2, 0) is 9.59 Å². The number of nitrogens with zero attached hydrogens (tertiary/aromatic N) is 4. The van der Waals surface area contributed by atoms with Crippen molar-refractivity contribution in [3.05, 3.63) is 16.3 Å². The minimum atomic E-state index is -1.15. The number of piperazine rings is 1. The number of anilines is 2. The summed E-state index contributed by atoms with van der Waals surface area (Å²) in [4.78, 5) is 43.1. The molecule has 1 aliphatic rings. The maximum absolute atomic E-state index is 11.9. The molecule has 0 radical (unpaired) electrons. The highest BCUT2D eigenvalue weighted by Gasteiger charge is 2.44. The molecule has 2 heterocycles. The zero-order chi connectivity index (χ0) is 15.8. The third kappa shape index (κ3) is 2.47. The first-order valence-electron chi connectivity index (χ1n) is 6.08. The van der Waals surface area contributed by atoms with Crippen LogP contribution in [0.3, 0.4) is 0 Å². The molecule has 0 unspecified atom stereocenters. The van der Waals surface area contributed by atoms with Gasteiger partial charge in [-0.3, -0.25) is 25.0 Å². The van der Waals surface area contributed by atoms with E-state index in [1.54, 1.807) is 20.9 Å². The van der Waals surface area contributed by atoms with Crippen LogP contribution >= 0.6 is 0 Å². The quantitative estimate of drug-likeness (QED) is 0.440. The summed E-state index contributed by atoms with van der Waals surface area (Å²) in [6.45, 7) is 2.90. The molecule has 0 aromatic carbocycles. The van der Waals surface area contributed by atoms with Gasteiger partial charge in [-0.25, -0.2) is 4.98 Å². The van der Waals surface area contributed by atoms with Crippen molar-refractivity contribution < 1.29 is 14.5 Å². The minimum absolute atomic E-state index is 0.0763. The van der Waals surface area contributed by atoms with Gasteiger partial charge in [-0.15, -0.1) is 0 Å². The van der Waals surface area contributed by atoms with Gasteiger partial charge in [0.05, 0.1) is 4.92 Å². The zero-order valence-corrected chi connectivity index (χ0v) is 11.7. The van der Waals surface area contributed by atoms with Crippen LogP contribution in [0.5, 0.6) is 0 Å². The van der Waals surface area contributed by atoms with E-state index in [0.29, 0.717) is 0 Å². The van der Waals surface area contributed by atoms with Gasteiger partial charge in [0.1, 0.15) is 18.3 Å². The molecule has 2 rings (SSSR count). The van der Waals surface area contributed by atoms with Crippen LogP contribution in [0.4, 0.5) is 17.5 Å². The van der Waals surface area contributed by atoms with Crippen molar-refractivity contribution in [1.82, 2.24) is 15.3 Å². The number of rotatable bonds is 3. The fourth-order valence-electron chi connectivity index (χ4n) is 1.94. The molecule has 1 fully saturated rings.